The SMILES string of the molecule is Cc1ccc(NC(=O)/C(C#N)=C/c2cc(Cl)ccc2OCc2ccc(Cl)cc2Cl)cc1. The highest BCUT2D eigenvalue weighted by atomic mass is 35.5. The second-order valence-electron chi connectivity index (χ2n) is 6.70. The number of anilines is 1. The van der Waals surface area contributed by atoms with Gasteiger partial charge in [0.2, 0.25) is 0 Å². The number of carbonyl (C=O) groups excluding carboxylic acids is 1. The van der Waals surface area contributed by atoms with Gasteiger partial charge in [-0.3, -0.25) is 4.79 Å². The quantitative estimate of drug-likeness (QED) is 0.308. The summed E-state index contributed by atoms with van der Waals surface area (Å²) in [6.07, 6.45) is 1.44. The van der Waals surface area contributed by atoms with Crippen LogP contribution in [0, 0.1) is 18.3 Å². The number of halogens is 3. The van der Waals surface area contributed by atoms with Crippen molar-refractivity contribution >= 4 is 52.5 Å². The smallest absolute Gasteiger partial charge is 0.266 e. The number of hydrogen-bond donors (Lipinski definition) is 1. The lowest BCUT2D eigenvalue weighted by Crippen LogP contribution is -2.13. The summed E-state index contributed by atoms with van der Waals surface area (Å²) in [4.78, 5) is 12.6. The fourth-order valence-corrected chi connectivity index (χ4v) is 3.34. The van der Waals surface area contributed by atoms with Crippen molar-refractivity contribution in [3.05, 3.63) is 98.0 Å². The van der Waals surface area contributed by atoms with Crippen LogP contribution in [-0.2, 0) is 11.4 Å². The van der Waals surface area contributed by atoms with Crippen LogP contribution in [0.15, 0.2) is 66.2 Å². The first kappa shape index (κ1) is 22.7. The number of rotatable bonds is 6. The average Bonchev–Trinajstić information content (AvgIpc) is 2.74. The first-order chi connectivity index (χ1) is 14.9. The van der Waals surface area contributed by atoms with Crippen molar-refractivity contribution in [1.82, 2.24) is 0 Å². The Morgan fingerprint density at radius 2 is 1.71 bits per heavy atom. The first-order valence-electron chi connectivity index (χ1n) is 9.22. The largest absolute Gasteiger partial charge is 0.488 e. The number of nitrogens with one attached hydrogen (secondary N) is 1. The fourth-order valence-electron chi connectivity index (χ4n) is 2.70. The topological polar surface area (TPSA) is 62.1 Å². The van der Waals surface area contributed by atoms with Gasteiger partial charge in [-0.25, -0.2) is 0 Å². The summed E-state index contributed by atoms with van der Waals surface area (Å²) in [6, 6.07) is 19.3. The van der Waals surface area contributed by atoms with Gasteiger partial charge >= 0.3 is 0 Å². The Bertz CT molecular complexity index is 1180. The lowest BCUT2D eigenvalue weighted by Gasteiger charge is -2.12. The second kappa shape index (κ2) is 10.4. The molecule has 0 bridgehead atoms. The number of carbonyl (C=O) groups is 1. The van der Waals surface area contributed by atoms with Gasteiger partial charge < -0.3 is 10.1 Å². The standard InChI is InChI=1S/C24H17Cl3N2O2/c1-15-2-7-21(8-3-15)29-24(30)18(13-28)10-17-11-19(25)6-9-23(17)31-14-16-4-5-20(26)12-22(16)27/h2-12H,14H2,1H3,(H,29,30)/b18-10+. The van der Waals surface area contributed by atoms with Gasteiger partial charge in [0, 0.05) is 31.9 Å². The average molecular weight is 472 g/mol. The Morgan fingerprint density at radius 3 is 2.39 bits per heavy atom. The van der Waals surface area contributed by atoms with E-state index in [0.717, 1.165) is 11.1 Å². The van der Waals surface area contributed by atoms with Crippen LogP contribution in [0.3, 0.4) is 0 Å². The third-order valence-electron chi connectivity index (χ3n) is 4.34. The van der Waals surface area contributed by atoms with E-state index in [1.165, 1.54) is 6.08 Å². The molecule has 0 saturated carbocycles. The summed E-state index contributed by atoms with van der Waals surface area (Å²) < 4.78 is 5.88. The van der Waals surface area contributed by atoms with E-state index in [1.54, 1.807) is 48.5 Å². The molecule has 4 nitrogen and oxygen atoms in total. The Balaban J connectivity index is 1.83. The maximum Gasteiger partial charge on any atom is 0.266 e. The molecule has 0 aromatic heterocycles. The monoisotopic (exact) mass is 470 g/mol. The first-order valence-corrected chi connectivity index (χ1v) is 10.3. The van der Waals surface area contributed by atoms with E-state index < -0.39 is 5.91 Å². The van der Waals surface area contributed by atoms with Crippen LogP contribution in [0.5, 0.6) is 5.75 Å². The predicted octanol–water partition coefficient (Wildman–Crippen LogP) is 7.08. The minimum Gasteiger partial charge on any atom is -0.488 e. The van der Waals surface area contributed by atoms with Crippen molar-refractivity contribution < 1.29 is 9.53 Å². The van der Waals surface area contributed by atoms with Crippen LogP contribution in [-0.4, -0.2) is 5.91 Å². The van der Waals surface area contributed by atoms with Gasteiger partial charge in [0.25, 0.3) is 5.91 Å². The van der Waals surface area contributed by atoms with Gasteiger partial charge in [-0.1, -0.05) is 58.6 Å². The number of hydrogen-bond acceptors (Lipinski definition) is 3. The van der Waals surface area contributed by atoms with Crippen molar-refractivity contribution in [1.29, 1.82) is 5.26 Å². The molecular weight excluding hydrogens is 455 g/mol. The van der Waals surface area contributed by atoms with Gasteiger partial charge in [0.05, 0.1) is 0 Å². The molecular formula is C24H17Cl3N2O2. The van der Waals surface area contributed by atoms with Crippen LogP contribution in [0.25, 0.3) is 6.08 Å². The molecule has 1 amide bonds. The molecule has 0 fully saturated rings. The molecule has 0 aliphatic rings. The molecule has 0 spiro atoms. The summed E-state index contributed by atoms with van der Waals surface area (Å²) in [5.74, 6) is -0.0793. The van der Waals surface area contributed by atoms with E-state index >= 15 is 0 Å². The van der Waals surface area contributed by atoms with Gasteiger partial charge in [0.1, 0.15) is 24.0 Å². The van der Waals surface area contributed by atoms with Gasteiger partial charge in [-0.2, -0.15) is 5.26 Å². The minimum absolute atomic E-state index is 0.0859. The molecule has 156 valence electrons. The molecule has 0 aliphatic carbocycles. The molecule has 0 unspecified atom stereocenters. The number of benzene rings is 3. The highest BCUT2D eigenvalue weighted by Crippen LogP contribution is 2.28. The number of nitriles is 1. The Morgan fingerprint density at radius 1 is 1.03 bits per heavy atom. The Kier molecular flexibility index (Phi) is 7.59. The maximum atomic E-state index is 12.6. The molecule has 0 radical (unpaired) electrons. The molecule has 3 rings (SSSR count). The molecule has 3 aromatic carbocycles. The molecule has 0 atom stereocenters. The van der Waals surface area contributed by atoms with Crippen LogP contribution in [0.4, 0.5) is 5.69 Å². The molecule has 0 heterocycles. The Labute approximate surface area is 195 Å². The highest BCUT2D eigenvalue weighted by Gasteiger charge is 2.13. The number of ether oxygens (including phenoxy) is 1. The van der Waals surface area contributed by atoms with Gasteiger partial charge in [0.15, 0.2) is 0 Å². The molecule has 7 heteroatoms. The van der Waals surface area contributed by atoms with E-state index in [1.807, 2.05) is 25.1 Å². The molecule has 31 heavy (non-hydrogen) atoms. The van der Waals surface area contributed by atoms with Crippen LogP contribution in [0.1, 0.15) is 16.7 Å². The lowest BCUT2D eigenvalue weighted by molar-refractivity contribution is -0.112. The van der Waals surface area contributed by atoms with Crippen LogP contribution in [0.2, 0.25) is 15.1 Å². The summed E-state index contributed by atoms with van der Waals surface area (Å²) in [6.45, 7) is 2.13. The molecule has 3 aromatic rings. The van der Waals surface area contributed by atoms with E-state index in [2.05, 4.69) is 5.32 Å². The van der Waals surface area contributed by atoms with Crippen molar-refractivity contribution in [3.8, 4) is 11.8 Å². The van der Waals surface area contributed by atoms with Crippen molar-refractivity contribution in [2.75, 3.05) is 5.32 Å². The van der Waals surface area contributed by atoms with Crippen molar-refractivity contribution in [3.63, 3.8) is 0 Å². The van der Waals surface area contributed by atoms with Crippen molar-refractivity contribution in [2.45, 2.75) is 13.5 Å². The lowest BCUT2D eigenvalue weighted by atomic mass is 10.1. The zero-order chi connectivity index (χ0) is 22.4. The third kappa shape index (κ3) is 6.26. The van der Waals surface area contributed by atoms with E-state index in [0.29, 0.717) is 32.1 Å². The molecule has 0 aliphatic heterocycles. The van der Waals surface area contributed by atoms with Crippen LogP contribution >= 0.6 is 34.8 Å². The molecule has 1 N–H and O–H groups in total. The summed E-state index contributed by atoms with van der Waals surface area (Å²) >= 11 is 18.3. The second-order valence-corrected chi connectivity index (χ2v) is 7.98. The summed E-state index contributed by atoms with van der Waals surface area (Å²) in [5.41, 5.74) is 2.81. The number of aryl methyl sites for hydroxylation is 1. The van der Waals surface area contributed by atoms with Gasteiger partial charge in [-0.05, 0) is 55.5 Å². The number of amides is 1. The van der Waals surface area contributed by atoms with Gasteiger partial charge in [-0.15, -0.1) is 0 Å². The summed E-state index contributed by atoms with van der Waals surface area (Å²) in [7, 11) is 0. The molecule has 0 saturated heterocycles. The van der Waals surface area contributed by atoms with E-state index in [9.17, 15) is 10.1 Å². The maximum absolute atomic E-state index is 12.6. The highest BCUT2D eigenvalue weighted by molar-refractivity contribution is 6.35. The van der Waals surface area contributed by atoms with E-state index in [4.69, 9.17) is 39.5 Å². The zero-order valence-electron chi connectivity index (χ0n) is 16.5. The zero-order valence-corrected chi connectivity index (χ0v) is 18.7. The third-order valence-corrected chi connectivity index (χ3v) is 5.17. The Hall–Kier alpha value is -2.97. The van der Waals surface area contributed by atoms with Crippen molar-refractivity contribution in [2.24, 2.45) is 0 Å². The minimum atomic E-state index is -0.530. The van der Waals surface area contributed by atoms with Crippen LogP contribution < -0.4 is 10.1 Å². The van der Waals surface area contributed by atoms with E-state index in [-0.39, 0.29) is 12.2 Å². The summed E-state index contributed by atoms with van der Waals surface area (Å²) in [5, 5.41) is 13.7. The predicted molar refractivity (Wildman–Crippen MR) is 126 cm³/mol. The number of nitrogens with zero attached hydrogens (tertiary/aromatic N) is 1. The normalized spacial score (nSPS) is 11.0. The fraction of sp³-hybridized carbons (Fsp3) is 0.0833.